The number of fused-ring (bicyclic) bond motifs is 1. The van der Waals surface area contributed by atoms with Crippen LogP contribution in [0.4, 0.5) is 0 Å². The largest absolute Gasteiger partial charge is 0.333 e. The van der Waals surface area contributed by atoms with Gasteiger partial charge in [-0.05, 0) is 111 Å². The summed E-state index contributed by atoms with van der Waals surface area (Å²) in [7, 11) is 1.50. The van der Waals surface area contributed by atoms with Crippen LogP contribution in [0.1, 0.15) is 101 Å². The van der Waals surface area contributed by atoms with E-state index in [9.17, 15) is 0 Å². The van der Waals surface area contributed by atoms with Crippen molar-refractivity contribution in [1.82, 2.24) is 0 Å². The van der Waals surface area contributed by atoms with Gasteiger partial charge in [-0.25, -0.2) is 0 Å². The second kappa shape index (κ2) is 29.8. The number of allylic oxidation sites excluding steroid dienone is 26. The Labute approximate surface area is 382 Å². The molecule has 0 heterocycles. The molecule has 6 rings (SSSR count). The third-order valence-corrected chi connectivity index (χ3v) is 10.7. The van der Waals surface area contributed by atoms with Crippen LogP contribution in [0.15, 0.2) is 230 Å². The molecule has 0 saturated carbocycles. The molecule has 2 heteroatoms. The first kappa shape index (κ1) is 51.0. The molecule has 3 N–H and O–H groups in total. The summed E-state index contributed by atoms with van der Waals surface area (Å²) in [6.45, 7) is 15.2. The maximum Gasteiger partial charge on any atom is 0.0486 e. The molecule has 1 atom stereocenters. The van der Waals surface area contributed by atoms with Crippen molar-refractivity contribution in [3.63, 3.8) is 0 Å². The van der Waals surface area contributed by atoms with Gasteiger partial charge in [-0.2, -0.15) is 0 Å². The highest BCUT2D eigenvalue weighted by atomic mass is 14.5. The molecule has 0 amide bonds. The molecule has 2 nitrogen and oxygen atoms in total. The van der Waals surface area contributed by atoms with Crippen LogP contribution in [0.5, 0.6) is 0 Å². The maximum atomic E-state index is 8.24. The number of hydrogen-bond acceptors (Lipinski definition) is 2. The minimum atomic E-state index is -0.143. The van der Waals surface area contributed by atoms with E-state index in [2.05, 4.69) is 168 Å². The lowest BCUT2D eigenvalue weighted by molar-refractivity contribution is 0.599. The first-order valence-electron chi connectivity index (χ1n) is 22.5. The summed E-state index contributed by atoms with van der Waals surface area (Å²) in [5, 5.41) is 8.24. The van der Waals surface area contributed by atoms with Crippen molar-refractivity contribution in [3.8, 4) is 0 Å². The summed E-state index contributed by atoms with van der Waals surface area (Å²) in [5.74, 6) is 0. The summed E-state index contributed by atoms with van der Waals surface area (Å²) in [5.41, 5.74) is 17.8. The van der Waals surface area contributed by atoms with Crippen molar-refractivity contribution >= 4 is 22.9 Å². The first-order chi connectivity index (χ1) is 30.7. The van der Waals surface area contributed by atoms with Gasteiger partial charge in [0.2, 0.25) is 0 Å². The molecule has 3 aliphatic carbocycles. The lowest BCUT2D eigenvalue weighted by atomic mass is 9.77. The van der Waals surface area contributed by atoms with Gasteiger partial charge in [-0.1, -0.05) is 251 Å². The molecule has 3 aromatic rings. The number of rotatable bonds is 7. The van der Waals surface area contributed by atoms with Gasteiger partial charge in [-0.3, -0.25) is 0 Å². The standard InChI is InChI=1S/C26H26.C20H26.C14H15N.CH5N/c1-23-17-11-7-5-3-4-6-8-13-19-25(20-14-9-12-18-23)24(2)26-21-15-10-16-22-26;1-4-9-17(5-2)19-13-12-18-11-8-6-7-10-16(3)14-20(18)15-19;1-14(10-6-3-7-11-14)13(15)12-8-4-2-5-9-12;1-2/h3-10,12-22H,2,11H2,1H3;5,8,10-13,15H,4,6-7,9,14H2,1-3H3;2-10,15H,11H2,1H3;2H2,1H3/b4-3+,7-5-,8-6+,14-9+,18-12+,19-13-,23-17-,25-20+;11-8+,16-10+,17-5+;;. The molecule has 326 valence electrons. The van der Waals surface area contributed by atoms with Crippen LogP contribution in [-0.4, -0.2) is 12.8 Å². The smallest absolute Gasteiger partial charge is 0.0486 e. The topological polar surface area (TPSA) is 49.9 Å². The number of hydrogen-bond donors (Lipinski definition) is 2. The van der Waals surface area contributed by atoms with Crippen molar-refractivity contribution < 1.29 is 0 Å². The molecule has 0 radical (unpaired) electrons. The zero-order chi connectivity index (χ0) is 45.5. The van der Waals surface area contributed by atoms with E-state index in [1.807, 2.05) is 91.1 Å². The van der Waals surface area contributed by atoms with Crippen LogP contribution in [0, 0.1) is 10.8 Å². The molecule has 3 aliphatic rings. The lowest BCUT2D eigenvalue weighted by Gasteiger charge is -2.27. The second-order valence-corrected chi connectivity index (χ2v) is 15.8. The Balaban J connectivity index is 0.000000255. The fourth-order valence-corrected chi connectivity index (χ4v) is 7.09. The highest BCUT2D eigenvalue weighted by Gasteiger charge is 2.27. The van der Waals surface area contributed by atoms with Crippen LogP contribution in [-0.2, 0) is 6.42 Å². The van der Waals surface area contributed by atoms with E-state index >= 15 is 0 Å². The van der Waals surface area contributed by atoms with Crippen molar-refractivity contribution in [2.24, 2.45) is 11.1 Å². The summed E-state index contributed by atoms with van der Waals surface area (Å²) in [6.07, 6.45) is 54.2. The Morgan fingerprint density at radius 2 is 1.35 bits per heavy atom. The fraction of sp³-hybridized carbons (Fsp3) is 0.230. The van der Waals surface area contributed by atoms with Gasteiger partial charge in [0.05, 0.1) is 0 Å². The summed E-state index contributed by atoms with van der Waals surface area (Å²) >= 11 is 0. The Hall–Kier alpha value is -6.35. The molecule has 0 aromatic heterocycles. The molecular formula is C61H72N2. The van der Waals surface area contributed by atoms with Crippen LogP contribution >= 0.6 is 0 Å². The normalized spacial score (nSPS) is 23.3. The van der Waals surface area contributed by atoms with Crippen LogP contribution in [0.3, 0.4) is 0 Å². The molecule has 0 aliphatic heterocycles. The Kier molecular flexibility index (Phi) is 24.1. The Morgan fingerprint density at radius 3 is 2.03 bits per heavy atom. The SMILES string of the molecule is C/C=C(\CCC)c1ccc2c(c1)C/C(C)=C/CC/C=C/2.C=C(C1=C/C=C/C=C/C(C)=C\C\C=C/C=C/C=C/C=C\1)c1ccccc1.CC1(C(=N)c2ccccc2)C=CC=CC1.CN. The summed E-state index contributed by atoms with van der Waals surface area (Å²) < 4.78 is 0. The maximum absolute atomic E-state index is 8.24. The van der Waals surface area contributed by atoms with Gasteiger partial charge in [0.15, 0.2) is 0 Å². The van der Waals surface area contributed by atoms with Crippen molar-refractivity contribution in [3.05, 3.63) is 258 Å². The highest BCUT2D eigenvalue weighted by molar-refractivity contribution is 6.03. The molecular weight excluding hydrogens is 761 g/mol. The van der Waals surface area contributed by atoms with Crippen LogP contribution < -0.4 is 5.73 Å². The molecule has 1 unspecified atom stereocenters. The average molecular weight is 833 g/mol. The molecule has 0 spiro atoms. The number of nitrogens with one attached hydrogen (secondary N) is 1. The molecule has 0 saturated heterocycles. The third-order valence-electron chi connectivity index (χ3n) is 10.7. The minimum absolute atomic E-state index is 0.143. The van der Waals surface area contributed by atoms with E-state index in [4.69, 9.17) is 5.41 Å². The van der Waals surface area contributed by atoms with Crippen LogP contribution in [0.2, 0.25) is 0 Å². The van der Waals surface area contributed by atoms with Crippen LogP contribution in [0.25, 0.3) is 17.2 Å². The van der Waals surface area contributed by atoms with E-state index in [0.29, 0.717) is 5.71 Å². The molecule has 0 bridgehead atoms. The van der Waals surface area contributed by atoms with Gasteiger partial charge in [0.1, 0.15) is 0 Å². The highest BCUT2D eigenvalue weighted by Crippen LogP contribution is 2.31. The van der Waals surface area contributed by atoms with E-state index in [1.165, 1.54) is 59.7 Å². The van der Waals surface area contributed by atoms with Gasteiger partial charge < -0.3 is 11.1 Å². The number of nitrogens with two attached hydrogens (primary N) is 1. The van der Waals surface area contributed by atoms with E-state index in [1.54, 1.807) is 0 Å². The Bertz CT molecular complexity index is 2290. The average Bonchev–Trinajstić information content (AvgIpc) is 3.41. The predicted octanol–water partition coefficient (Wildman–Crippen LogP) is 16.7. The van der Waals surface area contributed by atoms with E-state index in [-0.39, 0.29) is 5.41 Å². The molecule has 0 fully saturated rings. The molecule has 63 heavy (non-hydrogen) atoms. The monoisotopic (exact) mass is 833 g/mol. The Morgan fingerprint density at radius 1 is 0.698 bits per heavy atom. The van der Waals surface area contributed by atoms with E-state index in [0.717, 1.165) is 48.0 Å². The number of benzene rings is 3. The summed E-state index contributed by atoms with van der Waals surface area (Å²) in [4.78, 5) is 0. The van der Waals surface area contributed by atoms with Gasteiger partial charge >= 0.3 is 0 Å². The van der Waals surface area contributed by atoms with Gasteiger partial charge in [-0.15, -0.1) is 0 Å². The lowest BCUT2D eigenvalue weighted by Crippen LogP contribution is -2.26. The fourth-order valence-electron chi connectivity index (χ4n) is 7.09. The van der Waals surface area contributed by atoms with Gasteiger partial charge in [0.25, 0.3) is 0 Å². The first-order valence-corrected chi connectivity index (χ1v) is 22.5. The minimum Gasteiger partial charge on any atom is -0.333 e. The predicted molar refractivity (Wildman–Crippen MR) is 282 cm³/mol. The zero-order valence-corrected chi connectivity index (χ0v) is 38.9. The van der Waals surface area contributed by atoms with Gasteiger partial charge in [0, 0.05) is 11.1 Å². The van der Waals surface area contributed by atoms with Crippen molar-refractivity contribution in [2.75, 3.05) is 7.05 Å². The zero-order valence-electron chi connectivity index (χ0n) is 38.9. The van der Waals surface area contributed by atoms with E-state index < -0.39 is 0 Å². The van der Waals surface area contributed by atoms with Crippen molar-refractivity contribution in [2.45, 2.75) is 79.6 Å². The summed E-state index contributed by atoms with van der Waals surface area (Å²) in [6, 6.07) is 27.2. The quantitative estimate of drug-likeness (QED) is 0.181. The second-order valence-electron chi connectivity index (χ2n) is 15.8. The van der Waals surface area contributed by atoms with Crippen molar-refractivity contribution in [1.29, 1.82) is 5.41 Å². The molecule has 3 aromatic carbocycles. The third kappa shape index (κ3) is 18.7.